The second-order valence-corrected chi connectivity index (χ2v) is 9.11. The predicted octanol–water partition coefficient (Wildman–Crippen LogP) is 1.61. The minimum Gasteiger partial charge on any atom is -0.376 e. The maximum absolute atomic E-state index is 11.4. The molecule has 25 heavy (non-hydrogen) atoms. The Morgan fingerprint density at radius 2 is 1.80 bits per heavy atom. The summed E-state index contributed by atoms with van der Waals surface area (Å²) in [6.07, 6.45) is 9.07. The van der Waals surface area contributed by atoms with E-state index in [1.807, 2.05) is 20.8 Å². The molecular weight excluding hydrogens is 340 g/mol. The van der Waals surface area contributed by atoms with Crippen LogP contribution in [0, 0.1) is 0 Å². The Labute approximate surface area is 153 Å². The highest BCUT2D eigenvalue weighted by Crippen LogP contribution is 2.19. The van der Waals surface area contributed by atoms with E-state index in [4.69, 9.17) is 4.74 Å². The van der Waals surface area contributed by atoms with Crippen LogP contribution in [-0.2, 0) is 14.8 Å². The topological polar surface area (TPSA) is 91.8 Å². The van der Waals surface area contributed by atoms with Crippen molar-refractivity contribution >= 4 is 16.0 Å². The monoisotopic (exact) mass is 376 g/mol. The number of hydrogen-bond acceptors (Lipinski definition) is 4. The van der Waals surface area contributed by atoms with Crippen LogP contribution in [0.2, 0.25) is 0 Å². The third-order valence-corrected chi connectivity index (χ3v) is 4.91. The maximum atomic E-state index is 11.4. The molecule has 8 heteroatoms. The number of sulfonamides is 1. The second kappa shape index (κ2) is 11.0. The summed E-state index contributed by atoms with van der Waals surface area (Å²) in [5.74, 6) is 0.676. The van der Waals surface area contributed by atoms with Crippen molar-refractivity contribution in [1.29, 1.82) is 0 Å². The Kier molecular flexibility index (Phi) is 9.74. The number of nitrogens with one attached hydrogen (secondary N) is 3. The zero-order valence-corrected chi connectivity index (χ0v) is 17.0. The van der Waals surface area contributed by atoms with Crippen LogP contribution in [0.1, 0.15) is 59.3 Å². The molecule has 1 saturated carbocycles. The number of rotatable bonds is 9. The van der Waals surface area contributed by atoms with Gasteiger partial charge in [0.05, 0.1) is 25.5 Å². The Bertz CT molecular complexity index is 498. The molecule has 0 heterocycles. The van der Waals surface area contributed by atoms with Crippen LogP contribution >= 0.6 is 0 Å². The molecule has 148 valence electrons. The Balaban J connectivity index is 2.39. The molecular formula is C17H36N4O3S. The van der Waals surface area contributed by atoms with Crippen molar-refractivity contribution in [2.24, 2.45) is 4.99 Å². The Morgan fingerprint density at radius 1 is 1.16 bits per heavy atom. The quantitative estimate of drug-likeness (QED) is 0.246. The van der Waals surface area contributed by atoms with E-state index in [1.165, 1.54) is 38.5 Å². The zero-order valence-electron chi connectivity index (χ0n) is 16.2. The summed E-state index contributed by atoms with van der Waals surface area (Å²) in [6, 6.07) is 0. The van der Waals surface area contributed by atoms with Gasteiger partial charge in [0.25, 0.3) is 0 Å². The van der Waals surface area contributed by atoms with Crippen molar-refractivity contribution in [3.05, 3.63) is 0 Å². The Morgan fingerprint density at radius 3 is 2.36 bits per heavy atom. The lowest BCUT2D eigenvalue weighted by Crippen LogP contribution is -2.47. The third kappa shape index (κ3) is 11.4. The van der Waals surface area contributed by atoms with Crippen molar-refractivity contribution < 1.29 is 13.2 Å². The molecule has 0 aromatic heterocycles. The highest BCUT2D eigenvalue weighted by Gasteiger charge is 2.21. The predicted molar refractivity (Wildman–Crippen MR) is 103 cm³/mol. The van der Waals surface area contributed by atoms with Crippen molar-refractivity contribution in [2.75, 3.05) is 32.5 Å². The van der Waals surface area contributed by atoms with Gasteiger partial charge in [-0.1, -0.05) is 25.7 Å². The summed E-state index contributed by atoms with van der Waals surface area (Å²) >= 11 is 0. The molecule has 0 spiro atoms. The SMILES string of the molecule is CCNC(=NCC(C)(C)NS(C)(=O)=O)NCCOC1CCCCCC1. The molecule has 1 aliphatic carbocycles. The van der Waals surface area contributed by atoms with Gasteiger partial charge in [-0.2, -0.15) is 0 Å². The van der Waals surface area contributed by atoms with E-state index in [-0.39, 0.29) is 0 Å². The van der Waals surface area contributed by atoms with Gasteiger partial charge in [-0.15, -0.1) is 0 Å². The fourth-order valence-corrected chi connectivity index (χ4v) is 4.02. The van der Waals surface area contributed by atoms with Gasteiger partial charge < -0.3 is 15.4 Å². The lowest BCUT2D eigenvalue weighted by molar-refractivity contribution is 0.0468. The van der Waals surface area contributed by atoms with Gasteiger partial charge in [-0.05, 0) is 33.6 Å². The van der Waals surface area contributed by atoms with Crippen LogP contribution in [0.25, 0.3) is 0 Å². The van der Waals surface area contributed by atoms with Gasteiger partial charge in [0.2, 0.25) is 10.0 Å². The van der Waals surface area contributed by atoms with E-state index >= 15 is 0 Å². The summed E-state index contributed by atoms with van der Waals surface area (Å²) < 4.78 is 31.4. The van der Waals surface area contributed by atoms with Crippen molar-refractivity contribution in [2.45, 2.75) is 70.9 Å². The fraction of sp³-hybridized carbons (Fsp3) is 0.941. The highest BCUT2D eigenvalue weighted by molar-refractivity contribution is 7.88. The average Bonchev–Trinajstić information content (AvgIpc) is 2.75. The number of ether oxygens (including phenoxy) is 1. The molecule has 3 N–H and O–H groups in total. The van der Waals surface area contributed by atoms with Gasteiger partial charge in [0.15, 0.2) is 5.96 Å². The van der Waals surface area contributed by atoms with E-state index in [0.29, 0.717) is 31.8 Å². The lowest BCUT2D eigenvalue weighted by Gasteiger charge is -2.23. The summed E-state index contributed by atoms with van der Waals surface area (Å²) in [5, 5.41) is 6.42. The molecule has 0 aliphatic heterocycles. The number of hydrogen-bond donors (Lipinski definition) is 3. The highest BCUT2D eigenvalue weighted by atomic mass is 32.2. The van der Waals surface area contributed by atoms with Gasteiger partial charge in [-0.3, -0.25) is 4.99 Å². The smallest absolute Gasteiger partial charge is 0.209 e. The molecule has 7 nitrogen and oxygen atoms in total. The molecule has 1 fully saturated rings. The third-order valence-electron chi connectivity index (χ3n) is 3.99. The van der Waals surface area contributed by atoms with Gasteiger partial charge in [-0.25, -0.2) is 13.1 Å². The summed E-state index contributed by atoms with van der Waals surface area (Å²) in [6.45, 7) is 8.06. The first kappa shape index (κ1) is 22.2. The van der Waals surface area contributed by atoms with Gasteiger partial charge in [0.1, 0.15) is 0 Å². The molecule has 0 unspecified atom stereocenters. The molecule has 0 aromatic carbocycles. The van der Waals surface area contributed by atoms with Crippen molar-refractivity contribution in [3.8, 4) is 0 Å². The molecule has 0 aromatic rings. The fourth-order valence-electron chi connectivity index (χ4n) is 2.96. The zero-order chi connectivity index (χ0) is 18.8. The molecule has 0 amide bonds. The van der Waals surface area contributed by atoms with Crippen LogP contribution < -0.4 is 15.4 Å². The van der Waals surface area contributed by atoms with Crippen LogP contribution in [0.5, 0.6) is 0 Å². The summed E-state index contributed by atoms with van der Waals surface area (Å²) in [5.41, 5.74) is -0.632. The summed E-state index contributed by atoms with van der Waals surface area (Å²) in [4.78, 5) is 4.48. The number of guanidine groups is 1. The number of aliphatic imine (C=N–C) groups is 1. The van der Waals surface area contributed by atoms with Crippen LogP contribution in [0.15, 0.2) is 4.99 Å². The van der Waals surface area contributed by atoms with Crippen molar-refractivity contribution in [1.82, 2.24) is 15.4 Å². The van der Waals surface area contributed by atoms with E-state index in [2.05, 4.69) is 20.3 Å². The van der Waals surface area contributed by atoms with Crippen LogP contribution in [0.4, 0.5) is 0 Å². The minimum atomic E-state index is -3.26. The lowest BCUT2D eigenvalue weighted by atomic mass is 10.1. The molecule has 0 bridgehead atoms. The minimum absolute atomic E-state index is 0.346. The normalized spacial score (nSPS) is 18.0. The standard InChI is InChI=1S/C17H36N4O3S/c1-5-18-16(20-14-17(2,3)21-25(4,22)23)19-12-13-24-15-10-8-6-7-9-11-15/h15,21H,5-14H2,1-4H3,(H2,18,19,20). The van der Waals surface area contributed by atoms with Gasteiger partial charge >= 0.3 is 0 Å². The maximum Gasteiger partial charge on any atom is 0.209 e. The van der Waals surface area contributed by atoms with E-state index in [1.54, 1.807) is 0 Å². The van der Waals surface area contributed by atoms with E-state index in [0.717, 1.165) is 12.8 Å². The second-order valence-electron chi connectivity index (χ2n) is 7.36. The first-order valence-corrected chi connectivity index (χ1v) is 11.2. The molecule has 1 rings (SSSR count). The van der Waals surface area contributed by atoms with E-state index < -0.39 is 15.6 Å². The average molecular weight is 377 g/mol. The Hall–Kier alpha value is -0.860. The molecule has 0 radical (unpaired) electrons. The largest absolute Gasteiger partial charge is 0.376 e. The molecule has 0 atom stereocenters. The number of nitrogens with zero attached hydrogens (tertiary/aromatic N) is 1. The first-order chi connectivity index (χ1) is 11.7. The van der Waals surface area contributed by atoms with Crippen molar-refractivity contribution in [3.63, 3.8) is 0 Å². The van der Waals surface area contributed by atoms with E-state index in [9.17, 15) is 8.42 Å². The van der Waals surface area contributed by atoms with Gasteiger partial charge in [0, 0.05) is 18.6 Å². The van der Waals surface area contributed by atoms with Crippen LogP contribution in [-0.4, -0.2) is 58.5 Å². The first-order valence-electron chi connectivity index (χ1n) is 9.34. The molecule has 1 aliphatic rings. The van der Waals surface area contributed by atoms with Crippen LogP contribution in [0.3, 0.4) is 0 Å². The summed E-state index contributed by atoms with van der Waals surface area (Å²) in [7, 11) is -3.26. The molecule has 0 saturated heterocycles.